The van der Waals surface area contributed by atoms with E-state index in [2.05, 4.69) is 4.98 Å². The van der Waals surface area contributed by atoms with Crippen molar-refractivity contribution in [2.75, 3.05) is 0 Å². The number of pyridine rings is 1. The summed E-state index contributed by atoms with van der Waals surface area (Å²) in [6, 6.07) is 13.6. The Labute approximate surface area is 105 Å². The second-order valence-corrected chi connectivity index (χ2v) is 4.08. The fraction of sp³-hybridized carbons (Fsp3) is 0. The molecule has 1 aromatic heterocycles. The molecular formula is C13H9NS2. The van der Waals surface area contributed by atoms with E-state index >= 15 is 0 Å². The molecular weight excluding hydrogens is 234 g/mol. The second kappa shape index (κ2) is 5.05. The van der Waals surface area contributed by atoms with Crippen molar-refractivity contribution >= 4 is 34.2 Å². The molecule has 0 saturated heterocycles. The van der Waals surface area contributed by atoms with Crippen molar-refractivity contribution in [3.63, 3.8) is 0 Å². The van der Waals surface area contributed by atoms with Gasteiger partial charge in [0.1, 0.15) is 0 Å². The van der Waals surface area contributed by atoms with Crippen molar-refractivity contribution in [2.24, 2.45) is 0 Å². The molecule has 2 rings (SSSR count). The van der Waals surface area contributed by atoms with E-state index in [-0.39, 0.29) is 0 Å². The maximum Gasteiger partial charge on any atom is 0.0651 e. The molecule has 1 nitrogen and oxygen atoms in total. The molecule has 0 aliphatic rings. The normalized spacial score (nSPS) is 9.75. The lowest BCUT2D eigenvalue weighted by Crippen LogP contribution is -2.11. The largest absolute Gasteiger partial charge is 0.264 e. The highest BCUT2D eigenvalue weighted by Crippen LogP contribution is 2.09. The van der Waals surface area contributed by atoms with Crippen LogP contribution in [0.15, 0.2) is 54.9 Å². The van der Waals surface area contributed by atoms with Crippen LogP contribution in [0.25, 0.3) is 0 Å². The fourth-order valence-corrected chi connectivity index (χ4v) is 1.84. The summed E-state index contributed by atoms with van der Waals surface area (Å²) in [6.07, 6.45) is 3.45. The molecule has 2 aromatic rings. The Hall–Kier alpha value is -1.45. The van der Waals surface area contributed by atoms with Gasteiger partial charge in [0.25, 0.3) is 0 Å². The first-order valence-corrected chi connectivity index (χ1v) is 5.65. The van der Waals surface area contributed by atoms with Crippen LogP contribution in [0.5, 0.6) is 0 Å². The minimum Gasteiger partial charge on any atom is -0.264 e. The van der Waals surface area contributed by atoms with Gasteiger partial charge >= 0.3 is 0 Å². The summed E-state index contributed by atoms with van der Waals surface area (Å²) >= 11 is 10.7. The molecule has 1 aromatic carbocycles. The van der Waals surface area contributed by atoms with Gasteiger partial charge in [-0.15, -0.1) is 0 Å². The highest BCUT2D eigenvalue weighted by atomic mass is 32.1. The summed E-state index contributed by atoms with van der Waals surface area (Å²) in [5.74, 6) is 0. The van der Waals surface area contributed by atoms with Crippen LogP contribution in [0.4, 0.5) is 0 Å². The van der Waals surface area contributed by atoms with Crippen LogP contribution >= 0.6 is 24.4 Å². The lowest BCUT2D eigenvalue weighted by molar-refractivity contribution is 1.32. The summed E-state index contributed by atoms with van der Waals surface area (Å²) in [5.41, 5.74) is 1.87. The maximum atomic E-state index is 5.36. The molecule has 0 fully saturated rings. The predicted octanol–water partition coefficient (Wildman–Crippen LogP) is 3.22. The molecule has 0 unspecified atom stereocenters. The molecule has 0 N–H and O–H groups in total. The van der Waals surface area contributed by atoms with Gasteiger partial charge < -0.3 is 0 Å². The standard InChI is InChI=1S/C13H9NS2/c15-12(10-5-2-1-3-6-10)13(16)11-7-4-8-14-9-11/h1-9H. The van der Waals surface area contributed by atoms with Gasteiger partial charge in [-0.05, 0) is 11.6 Å². The van der Waals surface area contributed by atoms with Crippen LogP contribution in [0.3, 0.4) is 0 Å². The molecule has 0 saturated carbocycles. The van der Waals surface area contributed by atoms with Gasteiger partial charge in [0.2, 0.25) is 0 Å². The summed E-state index contributed by atoms with van der Waals surface area (Å²) in [6.45, 7) is 0. The third kappa shape index (κ3) is 2.38. The smallest absolute Gasteiger partial charge is 0.0651 e. The number of hydrogen-bond donors (Lipinski definition) is 0. The average Bonchev–Trinajstić information content (AvgIpc) is 2.39. The van der Waals surface area contributed by atoms with E-state index in [0.29, 0.717) is 9.73 Å². The zero-order chi connectivity index (χ0) is 11.4. The van der Waals surface area contributed by atoms with E-state index in [0.717, 1.165) is 11.1 Å². The van der Waals surface area contributed by atoms with Crippen molar-refractivity contribution in [3.05, 3.63) is 66.0 Å². The maximum absolute atomic E-state index is 5.36. The number of thiocarbonyl (C=S) groups is 2. The summed E-state index contributed by atoms with van der Waals surface area (Å²) in [5, 5.41) is 0. The summed E-state index contributed by atoms with van der Waals surface area (Å²) in [7, 11) is 0. The van der Waals surface area contributed by atoms with Crippen LogP contribution in [-0.4, -0.2) is 14.7 Å². The Morgan fingerprint density at radius 2 is 1.44 bits per heavy atom. The van der Waals surface area contributed by atoms with Crippen LogP contribution in [0, 0.1) is 0 Å². The molecule has 16 heavy (non-hydrogen) atoms. The molecule has 0 amide bonds. The van der Waals surface area contributed by atoms with Gasteiger partial charge in [0, 0.05) is 18.0 Å². The first-order valence-electron chi connectivity index (χ1n) is 4.83. The van der Waals surface area contributed by atoms with Crippen molar-refractivity contribution < 1.29 is 0 Å². The van der Waals surface area contributed by atoms with Gasteiger partial charge in [-0.3, -0.25) is 4.98 Å². The Balaban J connectivity index is 2.28. The molecule has 3 heteroatoms. The van der Waals surface area contributed by atoms with E-state index in [1.807, 2.05) is 42.5 Å². The first-order chi connectivity index (χ1) is 7.79. The van der Waals surface area contributed by atoms with Gasteiger partial charge in [0.05, 0.1) is 9.73 Å². The quantitative estimate of drug-likeness (QED) is 0.607. The van der Waals surface area contributed by atoms with E-state index < -0.39 is 0 Å². The summed E-state index contributed by atoms with van der Waals surface area (Å²) < 4.78 is 0. The van der Waals surface area contributed by atoms with Crippen molar-refractivity contribution in [2.45, 2.75) is 0 Å². The molecule has 78 valence electrons. The molecule has 0 radical (unpaired) electrons. The molecule has 0 aliphatic heterocycles. The third-order valence-corrected chi connectivity index (χ3v) is 3.17. The Morgan fingerprint density at radius 1 is 0.812 bits per heavy atom. The number of aromatic nitrogens is 1. The van der Waals surface area contributed by atoms with Gasteiger partial charge in [0.15, 0.2) is 0 Å². The fourth-order valence-electron chi connectivity index (χ4n) is 1.35. The zero-order valence-corrected chi connectivity index (χ0v) is 10.1. The Morgan fingerprint density at radius 3 is 2.06 bits per heavy atom. The molecule has 0 atom stereocenters. The van der Waals surface area contributed by atoms with Crippen LogP contribution in [0.1, 0.15) is 11.1 Å². The lowest BCUT2D eigenvalue weighted by Gasteiger charge is -2.05. The van der Waals surface area contributed by atoms with E-state index in [9.17, 15) is 0 Å². The van der Waals surface area contributed by atoms with Crippen molar-refractivity contribution in [1.29, 1.82) is 0 Å². The lowest BCUT2D eigenvalue weighted by atomic mass is 10.1. The van der Waals surface area contributed by atoms with Crippen LogP contribution < -0.4 is 0 Å². The molecule has 1 heterocycles. The van der Waals surface area contributed by atoms with Gasteiger partial charge in [-0.2, -0.15) is 0 Å². The Bertz CT molecular complexity index is 456. The van der Waals surface area contributed by atoms with E-state index in [1.54, 1.807) is 12.4 Å². The topological polar surface area (TPSA) is 12.9 Å². The molecule has 0 bridgehead atoms. The summed E-state index contributed by atoms with van der Waals surface area (Å²) in [4.78, 5) is 5.41. The minimum absolute atomic E-state index is 0.675. The third-order valence-electron chi connectivity index (χ3n) is 2.17. The van der Waals surface area contributed by atoms with Gasteiger partial charge in [-0.1, -0.05) is 60.8 Å². The highest BCUT2D eigenvalue weighted by molar-refractivity contribution is 7.90. The van der Waals surface area contributed by atoms with E-state index in [1.165, 1.54) is 0 Å². The minimum atomic E-state index is 0.675. The SMILES string of the molecule is S=C(C(=S)c1cccnc1)c1ccccc1. The zero-order valence-electron chi connectivity index (χ0n) is 8.46. The van der Waals surface area contributed by atoms with Crippen LogP contribution in [-0.2, 0) is 0 Å². The monoisotopic (exact) mass is 243 g/mol. The number of benzene rings is 1. The van der Waals surface area contributed by atoms with Crippen LogP contribution in [0.2, 0.25) is 0 Å². The van der Waals surface area contributed by atoms with Crippen molar-refractivity contribution in [1.82, 2.24) is 4.98 Å². The van der Waals surface area contributed by atoms with Gasteiger partial charge in [-0.25, -0.2) is 0 Å². The van der Waals surface area contributed by atoms with E-state index in [4.69, 9.17) is 24.4 Å². The number of hydrogen-bond acceptors (Lipinski definition) is 3. The predicted molar refractivity (Wildman–Crippen MR) is 74.1 cm³/mol. The molecule has 0 aliphatic carbocycles. The first kappa shape index (κ1) is 11.0. The number of nitrogens with zero attached hydrogens (tertiary/aromatic N) is 1. The highest BCUT2D eigenvalue weighted by Gasteiger charge is 2.09. The number of rotatable bonds is 3. The second-order valence-electron chi connectivity index (χ2n) is 3.27. The Kier molecular flexibility index (Phi) is 3.49. The average molecular weight is 243 g/mol. The molecule has 0 spiro atoms. The van der Waals surface area contributed by atoms with Crippen molar-refractivity contribution in [3.8, 4) is 0 Å².